The molecule has 0 atom stereocenters. The summed E-state index contributed by atoms with van der Waals surface area (Å²) >= 11 is 6.82. The van der Waals surface area contributed by atoms with Crippen LogP contribution in [-0.2, 0) is 56.0 Å². The molecule has 29 heteroatoms. The number of alkyl halides is 24. The number of hydrogen-bond donors (Lipinski definition) is 0. The lowest BCUT2D eigenvalue weighted by atomic mass is 9.12. The standard InChI is InChI=1S/C32H12BF24.C11H9Br2N2/c34-25(35,36)13-1-14(26(37,38)39)6-21(5-13)33(22-7-15(27(40,41)42)2-16(8-22)28(43,44)45,23-9-17(29(46,47)48)3-18(10-23)30(49,50)51)24-11-19(31(52,53)54)4-20(12-24)32(55,56)57;12-10-8-15(11(13)6-14-10)7-9-4-2-1-3-5-9/h1-12H;1-6,8H,7H2/q-1;+1. The minimum Gasteiger partial charge on any atom is -0.236 e. The Morgan fingerprint density at radius 3 is 0.819 bits per heavy atom. The van der Waals surface area contributed by atoms with Gasteiger partial charge in [-0.1, -0.05) is 78.9 Å². The number of nitrogens with zero attached hydrogens (tertiary/aromatic N) is 2. The van der Waals surface area contributed by atoms with Crippen molar-refractivity contribution < 1.29 is 110 Å². The van der Waals surface area contributed by atoms with Gasteiger partial charge in [-0.05, 0) is 40.2 Å². The molecule has 0 radical (unpaired) electrons. The fourth-order valence-electron chi connectivity index (χ4n) is 7.38. The van der Waals surface area contributed by atoms with Gasteiger partial charge in [-0.3, -0.25) is 0 Å². The predicted octanol–water partition coefficient (Wildman–Crippen LogP) is 14.2. The highest BCUT2D eigenvalue weighted by molar-refractivity contribution is 9.10. The smallest absolute Gasteiger partial charge is 0.236 e. The minimum absolute atomic E-state index is 0.691. The number of benzene rings is 5. The van der Waals surface area contributed by atoms with E-state index in [9.17, 15) is 105 Å². The summed E-state index contributed by atoms with van der Waals surface area (Å²) in [7, 11) is 0. The fraction of sp³-hybridized carbons (Fsp3) is 0.209. The first-order valence-electron chi connectivity index (χ1n) is 19.1. The Balaban J connectivity index is 0.000000542. The number of aromatic nitrogens is 2. The molecule has 2 nitrogen and oxygen atoms in total. The van der Waals surface area contributed by atoms with E-state index in [1.165, 1.54) is 5.56 Å². The van der Waals surface area contributed by atoms with Crippen molar-refractivity contribution >= 4 is 59.9 Å². The van der Waals surface area contributed by atoms with Gasteiger partial charge in [0.1, 0.15) is 12.3 Å². The molecule has 0 aliphatic carbocycles. The summed E-state index contributed by atoms with van der Waals surface area (Å²) in [5.74, 6) is 0. The Bertz CT molecular complexity index is 2480. The van der Waals surface area contributed by atoms with Crippen LogP contribution in [0.1, 0.15) is 50.1 Å². The summed E-state index contributed by atoms with van der Waals surface area (Å²) < 4.78 is 345. The molecule has 0 saturated heterocycles. The zero-order valence-electron chi connectivity index (χ0n) is 34.5. The maximum Gasteiger partial charge on any atom is 0.416 e. The van der Waals surface area contributed by atoms with Gasteiger partial charge in [0.15, 0.2) is 11.1 Å². The van der Waals surface area contributed by atoms with Crippen molar-refractivity contribution in [3.05, 3.63) is 175 Å². The molecule has 388 valence electrons. The largest absolute Gasteiger partial charge is 0.416 e. The Morgan fingerprint density at radius 2 is 0.597 bits per heavy atom. The summed E-state index contributed by atoms with van der Waals surface area (Å²) in [5.41, 5.74) is -28.9. The first-order valence-corrected chi connectivity index (χ1v) is 20.7. The van der Waals surface area contributed by atoms with Crippen molar-refractivity contribution in [2.75, 3.05) is 0 Å². The molecule has 6 rings (SSSR count). The van der Waals surface area contributed by atoms with Gasteiger partial charge < -0.3 is 0 Å². The molecule has 0 unspecified atom stereocenters. The molecule has 0 bridgehead atoms. The quantitative estimate of drug-likeness (QED) is 0.0923. The van der Waals surface area contributed by atoms with E-state index in [-0.39, 0.29) is 0 Å². The molecule has 72 heavy (non-hydrogen) atoms. The van der Waals surface area contributed by atoms with E-state index in [0.717, 1.165) is 15.8 Å². The molecule has 1 heterocycles. The molecular formula is C43H21BBr2F24N2. The van der Waals surface area contributed by atoms with E-state index in [4.69, 9.17) is 0 Å². The highest BCUT2D eigenvalue weighted by atomic mass is 79.9. The average Bonchev–Trinajstić information content (AvgIpc) is 3.23. The van der Waals surface area contributed by atoms with E-state index in [2.05, 4.69) is 53.5 Å². The summed E-state index contributed by atoms with van der Waals surface area (Å²) in [5, 5.41) is 0. The molecule has 1 aromatic heterocycles. The minimum atomic E-state index is -6.13. The van der Waals surface area contributed by atoms with Crippen LogP contribution in [-0.4, -0.2) is 11.1 Å². The monoisotopic (exact) mass is 1190 g/mol. The van der Waals surface area contributed by atoms with E-state index in [0.29, 0.717) is 0 Å². The lowest BCUT2D eigenvalue weighted by molar-refractivity contribution is -0.700. The van der Waals surface area contributed by atoms with Gasteiger partial charge in [-0.25, -0.2) is 4.98 Å². The van der Waals surface area contributed by atoms with Gasteiger partial charge in [0, 0.05) is 21.5 Å². The third-order valence-electron chi connectivity index (χ3n) is 10.5. The molecule has 5 aromatic carbocycles. The van der Waals surface area contributed by atoms with Crippen LogP contribution in [0.25, 0.3) is 0 Å². The van der Waals surface area contributed by atoms with E-state index < -0.39 is 195 Å². The number of hydrogen-bond acceptors (Lipinski definition) is 1. The normalized spacial score (nSPS) is 13.5. The first-order chi connectivity index (χ1) is 32.5. The molecular weight excluding hydrogens is 1170 g/mol. The topological polar surface area (TPSA) is 16.8 Å². The molecule has 0 fully saturated rings. The van der Waals surface area contributed by atoms with Crippen molar-refractivity contribution in [2.24, 2.45) is 0 Å². The second-order valence-electron chi connectivity index (χ2n) is 15.4. The average molecular weight is 1190 g/mol. The van der Waals surface area contributed by atoms with Crippen LogP contribution < -0.4 is 26.4 Å². The van der Waals surface area contributed by atoms with Crippen molar-refractivity contribution in [1.82, 2.24) is 4.98 Å². The SMILES string of the molecule is Brc1c[n+](Cc2ccccc2)c(Br)cn1.FC(F)(F)c1cc([B-](c2cc(C(F)(F)F)cc(C(F)(F)F)c2)(c2cc(C(F)(F)F)cc(C(F)(F)F)c2)c2cc(C(F)(F)F)cc(C(F)(F)F)c2)cc(C(F)(F)F)c1. The van der Waals surface area contributed by atoms with Crippen LogP contribution >= 0.6 is 31.9 Å². The molecule has 0 saturated carbocycles. The Morgan fingerprint density at radius 1 is 0.361 bits per heavy atom. The third-order valence-corrected chi connectivity index (χ3v) is 11.5. The van der Waals surface area contributed by atoms with Crippen LogP contribution in [0.15, 0.2) is 125 Å². The fourth-order valence-corrected chi connectivity index (χ4v) is 8.06. The maximum absolute atomic E-state index is 14.2. The lowest BCUT2D eigenvalue weighted by Crippen LogP contribution is -2.75. The van der Waals surface area contributed by atoms with Gasteiger partial charge in [0.05, 0.1) is 44.5 Å². The number of halogens is 26. The van der Waals surface area contributed by atoms with Gasteiger partial charge in [-0.15, -0.1) is 0 Å². The van der Waals surface area contributed by atoms with E-state index in [1.54, 1.807) is 6.20 Å². The van der Waals surface area contributed by atoms with Crippen molar-refractivity contribution in [1.29, 1.82) is 0 Å². The zero-order chi connectivity index (χ0) is 54.6. The molecule has 0 amide bonds. The first kappa shape index (κ1) is 57.4. The molecule has 0 N–H and O–H groups in total. The van der Waals surface area contributed by atoms with Crippen molar-refractivity contribution in [3.63, 3.8) is 0 Å². The van der Waals surface area contributed by atoms with E-state index in [1.807, 2.05) is 24.4 Å². The highest BCUT2D eigenvalue weighted by Crippen LogP contribution is 2.41. The van der Waals surface area contributed by atoms with Gasteiger partial charge in [-0.2, -0.15) is 132 Å². The molecule has 0 aliphatic heterocycles. The van der Waals surface area contributed by atoms with Gasteiger partial charge in [0.2, 0.25) is 6.20 Å². The maximum atomic E-state index is 14.2. The van der Waals surface area contributed by atoms with Crippen molar-refractivity contribution in [3.8, 4) is 0 Å². The zero-order valence-corrected chi connectivity index (χ0v) is 37.6. The van der Waals surface area contributed by atoms with E-state index >= 15 is 0 Å². The second kappa shape index (κ2) is 19.8. The van der Waals surface area contributed by atoms with Crippen LogP contribution in [0.4, 0.5) is 105 Å². The van der Waals surface area contributed by atoms with Gasteiger partial charge in [0.25, 0.3) is 4.60 Å². The molecule has 6 aromatic rings. The van der Waals surface area contributed by atoms with Crippen molar-refractivity contribution in [2.45, 2.75) is 56.0 Å². The summed E-state index contributed by atoms with van der Waals surface area (Å²) in [6.07, 6.45) is -51.1. The molecule has 0 aliphatic rings. The highest BCUT2D eigenvalue weighted by Gasteiger charge is 2.47. The summed E-state index contributed by atoms with van der Waals surface area (Å²) in [6.45, 7) is 0.836. The Hall–Kier alpha value is -5.48. The lowest BCUT2D eigenvalue weighted by Gasteiger charge is -2.46. The van der Waals surface area contributed by atoms with Crippen LogP contribution in [0.2, 0.25) is 0 Å². The molecule has 0 spiro atoms. The third kappa shape index (κ3) is 13.4. The predicted molar refractivity (Wildman–Crippen MR) is 215 cm³/mol. The van der Waals surface area contributed by atoms with Crippen LogP contribution in [0.5, 0.6) is 0 Å². The second-order valence-corrected chi connectivity index (χ2v) is 17.0. The van der Waals surface area contributed by atoms with Crippen LogP contribution in [0, 0.1) is 0 Å². The van der Waals surface area contributed by atoms with Gasteiger partial charge >= 0.3 is 49.4 Å². The Kier molecular flexibility index (Phi) is 15.8. The van der Waals surface area contributed by atoms with Crippen LogP contribution in [0.3, 0.4) is 0 Å². The summed E-state index contributed by atoms with van der Waals surface area (Å²) in [4.78, 5) is 4.13. The number of rotatable bonds is 6. The Labute approximate surface area is 404 Å². The summed E-state index contributed by atoms with van der Waals surface area (Å²) in [6, 6.07) is 1.50.